The summed E-state index contributed by atoms with van der Waals surface area (Å²) in [6.07, 6.45) is 0. The van der Waals surface area contributed by atoms with Crippen molar-refractivity contribution in [1.82, 2.24) is 4.31 Å². The van der Waals surface area contributed by atoms with Gasteiger partial charge in [0.1, 0.15) is 5.75 Å². The van der Waals surface area contributed by atoms with Gasteiger partial charge < -0.3 is 10.1 Å². The van der Waals surface area contributed by atoms with Gasteiger partial charge in [0.05, 0.1) is 18.0 Å². The number of halogens is 1. The fraction of sp³-hybridized carbons (Fsp3) is 0.316. The third-order valence-corrected chi connectivity index (χ3v) is 6.52. The van der Waals surface area contributed by atoms with Crippen molar-refractivity contribution in [1.29, 1.82) is 0 Å². The van der Waals surface area contributed by atoms with Crippen molar-refractivity contribution in [2.75, 3.05) is 25.0 Å². The van der Waals surface area contributed by atoms with Crippen LogP contribution in [0, 0.1) is 10.5 Å². The van der Waals surface area contributed by atoms with Crippen LogP contribution in [0.3, 0.4) is 0 Å². The zero-order chi connectivity index (χ0) is 20.0. The van der Waals surface area contributed by atoms with Crippen LogP contribution < -0.4 is 10.1 Å². The topological polar surface area (TPSA) is 75.7 Å². The third kappa shape index (κ3) is 5.66. The maximum atomic E-state index is 12.9. The Kier molecular flexibility index (Phi) is 7.63. The number of hydrogen-bond acceptors (Lipinski definition) is 4. The number of benzene rings is 2. The number of likely N-dealkylation sites (N-methyl/N-ethyl adjacent to an activating group) is 1. The highest BCUT2D eigenvalue weighted by Gasteiger charge is 2.26. The smallest absolute Gasteiger partial charge is 0.243 e. The van der Waals surface area contributed by atoms with E-state index in [2.05, 4.69) is 27.9 Å². The normalized spacial score (nSPS) is 11.4. The average molecular weight is 502 g/mol. The summed E-state index contributed by atoms with van der Waals surface area (Å²) in [6.45, 7) is 5.81. The first-order chi connectivity index (χ1) is 12.8. The lowest BCUT2D eigenvalue weighted by atomic mass is 10.2. The second kappa shape index (κ2) is 9.52. The van der Waals surface area contributed by atoms with Crippen LogP contribution >= 0.6 is 22.6 Å². The summed E-state index contributed by atoms with van der Waals surface area (Å²) in [7, 11) is -3.78. The van der Waals surface area contributed by atoms with E-state index in [-0.39, 0.29) is 23.9 Å². The predicted octanol–water partition coefficient (Wildman–Crippen LogP) is 3.65. The predicted molar refractivity (Wildman–Crippen MR) is 115 cm³/mol. The standard InChI is InChI=1S/C19H23IN2O4S/c1-4-22(13-19(23)21-16-8-6-15(20)7-9-16)27(24,25)17-10-11-18(26-5-2)14(3)12-17/h6-12H,4-5,13H2,1-3H3,(H,21,23). The molecule has 0 radical (unpaired) electrons. The molecule has 0 unspecified atom stereocenters. The molecule has 0 saturated heterocycles. The molecule has 0 bridgehead atoms. The van der Waals surface area contributed by atoms with Crippen molar-refractivity contribution in [3.63, 3.8) is 0 Å². The van der Waals surface area contributed by atoms with Gasteiger partial charge >= 0.3 is 0 Å². The molecule has 0 fully saturated rings. The number of hydrogen-bond donors (Lipinski definition) is 1. The quantitative estimate of drug-likeness (QED) is 0.560. The van der Waals surface area contributed by atoms with Gasteiger partial charge in [-0.2, -0.15) is 4.31 Å². The number of anilines is 1. The van der Waals surface area contributed by atoms with Crippen molar-refractivity contribution in [3.8, 4) is 5.75 Å². The van der Waals surface area contributed by atoms with Crippen LogP contribution in [0.1, 0.15) is 19.4 Å². The van der Waals surface area contributed by atoms with Crippen molar-refractivity contribution >= 4 is 44.2 Å². The molecule has 0 aliphatic carbocycles. The Hall–Kier alpha value is -1.65. The lowest BCUT2D eigenvalue weighted by Crippen LogP contribution is -2.37. The SMILES string of the molecule is CCOc1ccc(S(=O)(=O)N(CC)CC(=O)Nc2ccc(I)cc2)cc1C. The molecule has 6 nitrogen and oxygen atoms in total. The van der Waals surface area contributed by atoms with Crippen molar-refractivity contribution < 1.29 is 17.9 Å². The Morgan fingerprint density at radius 2 is 1.81 bits per heavy atom. The van der Waals surface area contributed by atoms with E-state index in [9.17, 15) is 13.2 Å². The molecular formula is C19H23IN2O4S. The Morgan fingerprint density at radius 1 is 1.15 bits per heavy atom. The van der Waals surface area contributed by atoms with Crippen LogP contribution in [0.15, 0.2) is 47.4 Å². The van der Waals surface area contributed by atoms with E-state index in [4.69, 9.17) is 4.74 Å². The van der Waals surface area contributed by atoms with Gasteiger partial charge in [-0.3, -0.25) is 4.79 Å². The van der Waals surface area contributed by atoms with Gasteiger partial charge in [-0.15, -0.1) is 0 Å². The maximum Gasteiger partial charge on any atom is 0.243 e. The second-order valence-electron chi connectivity index (χ2n) is 5.85. The summed E-state index contributed by atoms with van der Waals surface area (Å²) in [5.74, 6) is 0.264. The largest absolute Gasteiger partial charge is 0.494 e. The zero-order valence-corrected chi connectivity index (χ0v) is 18.5. The van der Waals surface area contributed by atoms with E-state index in [0.717, 1.165) is 13.4 Å². The first-order valence-corrected chi connectivity index (χ1v) is 11.1. The minimum atomic E-state index is -3.78. The van der Waals surface area contributed by atoms with E-state index in [1.54, 1.807) is 38.1 Å². The van der Waals surface area contributed by atoms with Crippen LogP contribution in [0.5, 0.6) is 5.75 Å². The fourth-order valence-corrected chi connectivity index (χ4v) is 4.36. The van der Waals surface area contributed by atoms with E-state index >= 15 is 0 Å². The van der Waals surface area contributed by atoms with Gasteiger partial charge in [-0.25, -0.2) is 8.42 Å². The summed E-state index contributed by atoms with van der Waals surface area (Å²) in [5.41, 5.74) is 1.36. The number of aryl methyl sites for hydroxylation is 1. The molecule has 0 heterocycles. The average Bonchev–Trinajstić information content (AvgIpc) is 2.63. The first-order valence-electron chi connectivity index (χ1n) is 8.57. The zero-order valence-electron chi connectivity index (χ0n) is 15.5. The Labute approximate surface area is 174 Å². The molecular weight excluding hydrogens is 479 g/mol. The van der Waals surface area contributed by atoms with Crippen LogP contribution in [-0.4, -0.2) is 38.3 Å². The van der Waals surface area contributed by atoms with Gasteiger partial charge in [0.15, 0.2) is 0 Å². The number of carbonyl (C=O) groups is 1. The number of carbonyl (C=O) groups excluding carboxylic acids is 1. The molecule has 27 heavy (non-hydrogen) atoms. The van der Waals surface area contributed by atoms with Crippen LogP contribution in [0.25, 0.3) is 0 Å². The first kappa shape index (κ1) is 21.6. The number of nitrogens with zero attached hydrogens (tertiary/aromatic N) is 1. The van der Waals surface area contributed by atoms with Gasteiger partial charge in [0, 0.05) is 15.8 Å². The fourth-order valence-electron chi connectivity index (χ4n) is 2.51. The molecule has 146 valence electrons. The highest BCUT2D eigenvalue weighted by Crippen LogP contribution is 2.24. The second-order valence-corrected chi connectivity index (χ2v) is 9.03. The number of ether oxygens (including phenoxy) is 1. The molecule has 0 aliphatic rings. The summed E-state index contributed by atoms with van der Waals surface area (Å²) in [5, 5.41) is 2.73. The van der Waals surface area contributed by atoms with E-state index in [1.165, 1.54) is 6.07 Å². The summed E-state index contributed by atoms with van der Waals surface area (Å²) in [6, 6.07) is 12.0. The van der Waals surface area contributed by atoms with Gasteiger partial charge in [-0.05, 0) is 84.5 Å². The van der Waals surface area contributed by atoms with E-state index in [0.29, 0.717) is 18.0 Å². The summed E-state index contributed by atoms with van der Waals surface area (Å²) in [4.78, 5) is 12.5. The Bertz CT molecular complexity index is 898. The molecule has 2 aromatic carbocycles. The molecule has 0 saturated carbocycles. The maximum absolute atomic E-state index is 12.9. The molecule has 0 spiro atoms. The number of sulfonamides is 1. The minimum Gasteiger partial charge on any atom is -0.494 e. The number of amides is 1. The van der Waals surface area contributed by atoms with E-state index in [1.807, 2.05) is 19.1 Å². The molecule has 2 aromatic rings. The van der Waals surface area contributed by atoms with Gasteiger partial charge in [-0.1, -0.05) is 6.92 Å². The molecule has 0 aliphatic heterocycles. The van der Waals surface area contributed by atoms with Crippen LogP contribution in [0.4, 0.5) is 5.69 Å². The molecule has 2 rings (SSSR count). The summed E-state index contributed by atoms with van der Waals surface area (Å²) < 4.78 is 33.5. The molecule has 0 atom stereocenters. The van der Waals surface area contributed by atoms with Crippen molar-refractivity contribution in [2.24, 2.45) is 0 Å². The lowest BCUT2D eigenvalue weighted by molar-refractivity contribution is -0.116. The molecule has 0 aromatic heterocycles. The van der Waals surface area contributed by atoms with E-state index < -0.39 is 10.0 Å². The van der Waals surface area contributed by atoms with Gasteiger partial charge in [0.2, 0.25) is 15.9 Å². The van der Waals surface area contributed by atoms with Crippen molar-refractivity contribution in [2.45, 2.75) is 25.7 Å². The molecule has 1 amide bonds. The third-order valence-electron chi connectivity index (χ3n) is 3.88. The summed E-state index contributed by atoms with van der Waals surface area (Å²) >= 11 is 2.17. The van der Waals surface area contributed by atoms with Gasteiger partial charge in [0.25, 0.3) is 0 Å². The molecule has 8 heteroatoms. The van der Waals surface area contributed by atoms with Crippen LogP contribution in [-0.2, 0) is 14.8 Å². The Morgan fingerprint density at radius 3 is 2.37 bits per heavy atom. The number of nitrogens with one attached hydrogen (secondary N) is 1. The van der Waals surface area contributed by atoms with Crippen molar-refractivity contribution in [3.05, 3.63) is 51.6 Å². The lowest BCUT2D eigenvalue weighted by Gasteiger charge is -2.20. The molecule has 1 N–H and O–H groups in total. The highest BCUT2D eigenvalue weighted by atomic mass is 127. The number of rotatable bonds is 8. The highest BCUT2D eigenvalue weighted by molar-refractivity contribution is 14.1. The monoisotopic (exact) mass is 502 g/mol. The minimum absolute atomic E-state index is 0.146. The van der Waals surface area contributed by atoms with Crippen LogP contribution in [0.2, 0.25) is 0 Å². The Balaban J connectivity index is 2.15.